The number of benzene rings is 1. The number of nitrogens with zero attached hydrogens (tertiary/aromatic N) is 1. The van der Waals surface area contributed by atoms with Crippen molar-refractivity contribution >= 4 is 11.8 Å². The molecule has 2 rings (SSSR count). The second-order valence-corrected chi connectivity index (χ2v) is 5.38. The Kier molecular flexibility index (Phi) is 6.34. The van der Waals surface area contributed by atoms with Gasteiger partial charge in [-0.25, -0.2) is 10.4 Å². The molecule has 1 aromatic carbocycles. The first-order valence-electron chi connectivity index (χ1n) is 7.80. The van der Waals surface area contributed by atoms with Crippen molar-refractivity contribution in [1.29, 1.82) is 0 Å². The molecule has 1 aliphatic heterocycles. The third-order valence-electron chi connectivity index (χ3n) is 3.58. The molecule has 0 unspecified atom stereocenters. The number of carbonyl (C=O) groups is 1. The van der Waals surface area contributed by atoms with E-state index in [0.717, 1.165) is 5.56 Å². The van der Waals surface area contributed by atoms with Crippen molar-refractivity contribution in [2.75, 3.05) is 26.9 Å². The summed E-state index contributed by atoms with van der Waals surface area (Å²) in [5, 5.41) is 8.75. The maximum atomic E-state index is 12.3. The van der Waals surface area contributed by atoms with Crippen molar-refractivity contribution in [2.45, 2.75) is 18.4 Å². The van der Waals surface area contributed by atoms with Crippen LogP contribution in [0.2, 0.25) is 0 Å². The number of aliphatic hydroxyl groups is 1. The van der Waals surface area contributed by atoms with Gasteiger partial charge in [0, 0.05) is 32.1 Å². The van der Waals surface area contributed by atoms with Crippen LogP contribution in [0.1, 0.15) is 18.4 Å². The van der Waals surface area contributed by atoms with E-state index in [1.54, 1.807) is 25.3 Å². The molecule has 0 spiro atoms. The van der Waals surface area contributed by atoms with Gasteiger partial charge < -0.3 is 14.6 Å². The van der Waals surface area contributed by atoms with E-state index in [0.29, 0.717) is 31.1 Å². The first-order valence-corrected chi connectivity index (χ1v) is 7.80. The van der Waals surface area contributed by atoms with Gasteiger partial charge in [0.25, 0.3) is 5.91 Å². The highest BCUT2D eigenvalue weighted by molar-refractivity contribution is 6.00. The van der Waals surface area contributed by atoms with Crippen LogP contribution in [0.3, 0.4) is 0 Å². The molecule has 130 valence electrons. The molecule has 7 heteroatoms. The predicted molar refractivity (Wildman–Crippen MR) is 90.9 cm³/mol. The van der Waals surface area contributed by atoms with E-state index in [-0.39, 0.29) is 19.1 Å². The minimum absolute atomic E-state index is 0.1000. The van der Waals surface area contributed by atoms with Gasteiger partial charge >= 0.3 is 0 Å². The van der Waals surface area contributed by atoms with Crippen LogP contribution >= 0.6 is 0 Å². The van der Waals surface area contributed by atoms with Crippen molar-refractivity contribution in [3.8, 4) is 5.75 Å². The van der Waals surface area contributed by atoms with Crippen molar-refractivity contribution in [3.05, 3.63) is 42.5 Å². The van der Waals surface area contributed by atoms with E-state index in [1.807, 2.05) is 12.1 Å². The average molecular weight is 333 g/mol. The molecule has 0 fully saturated rings. The third kappa shape index (κ3) is 4.12. The van der Waals surface area contributed by atoms with Crippen molar-refractivity contribution in [1.82, 2.24) is 10.9 Å². The van der Waals surface area contributed by atoms with E-state index in [4.69, 9.17) is 14.6 Å². The number of aliphatic imine (C=N–C) groups is 1. The smallest absolute Gasteiger partial charge is 0.266 e. The van der Waals surface area contributed by atoms with E-state index in [2.05, 4.69) is 22.4 Å². The molecule has 0 saturated heterocycles. The number of carbonyl (C=O) groups excluding carboxylic acids is 1. The van der Waals surface area contributed by atoms with E-state index >= 15 is 0 Å². The summed E-state index contributed by atoms with van der Waals surface area (Å²) < 4.78 is 11.1. The van der Waals surface area contributed by atoms with Crippen LogP contribution in [-0.4, -0.2) is 49.3 Å². The minimum Gasteiger partial charge on any atom is -0.494 e. The number of hydrogen-bond acceptors (Lipinski definition) is 6. The fourth-order valence-electron chi connectivity index (χ4n) is 2.33. The molecule has 3 N–H and O–H groups in total. The number of nitrogens with one attached hydrogen (secondary N) is 2. The maximum absolute atomic E-state index is 12.3. The lowest BCUT2D eigenvalue weighted by molar-refractivity contribution is -0.127. The number of amides is 1. The Hall–Kier alpha value is -2.38. The zero-order valence-corrected chi connectivity index (χ0v) is 13.7. The summed E-state index contributed by atoms with van der Waals surface area (Å²) in [6.07, 6.45) is 2.62. The highest BCUT2D eigenvalue weighted by Crippen LogP contribution is 2.27. The summed E-state index contributed by atoms with van der Waals surface area (Å²) in [6.45, 7) is 4.42. The molecule has 1 atom stereocenters. The van der Waals surface area contributed by atoms with Crippen molar-refractivity contribution in [2.24, 2.45) is 4.99 Å². The van der Waals surface area contributed by atoms with E-state index in [1.165, 1.54) is 0 Å². The first-order chi connectivity index (χ1) is 11.6. The summed E-state index contributed by atoms with van der Waals surface area (Å²) in [6, 6.07) is 7.26. The molecule has 7 nitrogen and oxygen atoms in total. The summed E-state index contributed by atoms with van der Waals surface area (Å²) in [7, 11) is 1.62. The Morgan fingerprint density at radius 2 is 2.25 bits per heavy atom. The monoisotopic (exact) mass is 333 g/mol. The lowest BCUT2D eigenvalue weighted by atomic mass is 9.97. The summed E-state index contributed by atoms with van der Waals surface area (Å²) in [5.41, 5.74) is 4.95. The number of rotatable bonds is 9. The second-order valence-electron chi connectivity index (χ2n) is 5.38. The van der Waals surface area contributed by atoms with Gasteiger partial charge in [-0.3, -0.25) is 10.2 Å². The van der Waals surface area contributed by atoms with Crippen LogP contribution in [-0.2, 0) is 9.53 Å². The maximum Gasteiger partial charge on any atom is 0.266 e. The fraction of sp³-hybridized carbons (Fsp3) is 0.412. The molecule has 1 aromatic rings. The molecule has 0 radical (unpaired) electrons. The molecule has 0 bridgehead atoms. The molecule has 0 aromatic heterocycles. The highest BCUT2D eigenvalue weighted by atomic mass is 16.5. The topological polar surface area (TPSA) is 92.2 Å². The van der Waals surface area contributed by atoms with Gasteiger partial charge in [-0.05, 0) is 24.3 Å². The lowest BCUT2D eigenvalue weighted by Gasteiger charge is -2.20. The minimum atomic E-state index is -1.00. The second kappa shape index (κ2) is 8.47. The van der Waals surface area contributed by atoms with Crippen LogP contribution in [0.4, 0.5) is 0 Å². The molecule has 1 aliphatic rings. The molecular weight excluding hydrogens is 310 g/mol. The molecule has 1 heterocycles. The lowest BCUT2D eigenvalue weighted by Crippen LogP contribution is -2.50. The third-order valence-corrected chi connectivity index (χ3v) is 3.58. The molecular formula is C17H23N3O4. The molecule has 0 saturated carbocycles. The Balaban J connectivity index is 2.13. The van der Waals surface area contributed by atoms with E-state index < -0.39 is 5.54 Å². The van der Waals surface area contributed by atoms with Crippen molar-refractivity contribution < 1.29 is 19.4 Å². The highest BCUT2D eigenvalue weighted by Gasteiger charge is 2.43. The van der Waals surface area contributed by atoms with Gasteiger partial charge in [-0.1, -0.05) is 6.08 Å². The zero-order valence-electron chi connectivity index (χ0n) is 13.7. The van der Waals surface area contributed by atoms with Gasteiger partial charge in [-0.15, -0.1) is 6.58 Å². The largest absolute Gasteiger partial charge is 0.494 e. The van der Waals surface area contributed by atoms with Gasteiger partial charge in [-0.2, -0.15) is 0 Å². The van der Waals surface area contributed by atoms with E-state index in [9.17, 15) is 4.79 Å². The van der Waals surface area contributed by atoms with Crippen LogP contribution in [0.15, 0.2) is 41.9 Å². The standard InChI is InChI=1S/C17H23N3O4/c1-3-9-17(16(22)20-18-2)12-24-15(19-17)13-5-7-14(8-6-13)23-11-4-10-21/h3,5-8,18,21H,1,4,9-12H2,2H3,(H,20,22)/t17-/m0/s1. The Morgan fingerprint density at radius 1 is 1.50 bits per heavy atom. The Labute approximate surface area is 141 Å². The molecule has 1 amide bonds. The van der Waals surface area contributed by atoms with Gasteiger partial charge in [0.1, 0.15) is 12.4 Å². The summed E-state index contributed by atoms with van der Waals surface area (Å²) in [4.78, 5) is 16.8. The summed E-state index contributed by atoms with van der Waals surface area (Å²) in [5.74, 6) is 0.866. The average Bonchev–Trinajstić information content (AvgIpc) is 3.02. The zero-order chi connectivity index (χ0) is 17.4. The SMILES string of the molecule is C=CC[C@@]1(C(=O)NNC)COC(c2ccc(OCCCO)cc2)=N1. The van der Waals surface area contributed by atoms with Gasteiger partial charge in [0.05, 0.1) is 6.61 Å². The quantitative estimate of drug-likeness (QED) is 0.353. The van der Waals surface area contributed by atoms with Crippen LogP contribution in [0.25, 0.3) is 0 Å². The number of aliphatic hydroxyl groups excluding tert-OH is 1. The number of hydrogen-bond donors (Lipinski definition) is 3. The normalized spacial score (nSPS) is 19.3. The predicted octanol–water partition coefficient (Wildman–Crippen LogP) is 0.790. The molecule has 0 aliphatic carbocycles. The molecule has 24 heavy (non-hydrogen) atoms. The van der Waals surface area contributed by atoms with Crippen molar-refractivity contribution in [3.63, 3.8) is 0 Å². The number of ether oxygens (including phenoxy) is 2. The Morgan fingerprint density at radius 3 is 2.88 bits per heavy atom. The summed E-state index contributed by atoms with van der Waals surface area (Å²) >= 11 is 0. The van der Waals surface area contributed by atoms with Crippen LogP contribution < -0.4 is 15.6 Å². The van der Waals surface area contributed by atoms with Crippen LogP contribution in [0, 0.1) is 0 Å². The van der Waals surface area contributed by atoms with Gasteiger partial charge in [0.2, 0.25) is 5.90 Å². The number of hydrazine groups is 1. The van der Waals surface area contributed by atoms with Crippen LogP contribution in [0.5, 0.6) is 5.75 Å². The first kappa shape index (κ1) is 18.0. The Bertz CT molecular complexity index is 600. The fourth-order valence-corrected chi connectivity index (χ4v) is 2.33. The van der Waals surface area contributed by atoms with Gasteiger partial charge in [0.15, 0.2) is 5.54 Å².